The second-order valence-electron chi connectivity index (χ2n) is 4.16. The zero-order chi connectivity index (χ0) is 14.9. The Bertz CT molecular complexity index is 569. The molecule has 0 saturated carbocycles. The zero-order valence-corrected chi connectivity index (χ0v) is 12.6. The van der Waals surface area contributed by atoms with Crippen LogP contribution in [-0.4, -0.2) is 29.8 Å². The molecule has 2 rings (SSSR count). The third-order valence-corrected chi connectivity index (χ3v) is 3.36. The summed E-state index contributed by atoms with van der Waals surface area (Å²) in [7, 11) is 0. The first kappa shape index (κ1) is 15.6. The third kappa shape index (κ3) is 5.22. The van der Waals surface area contributed by atoms with Crippen LogP contribution in [0.3, 0.4) is 0 Å². The number of benzene rings is 1. The second-order valence-corrected chi connectivity index (χ2v) is 5.13. The van der Waals surface area contributed by atoms with Crippen LogP contribution < -0.4 is 10.1 Å². The summed E-state index contributed by atoms with van der Waals surface area (Å²) in [6, 6.07) is 7.76. The van der Waals surface area contributed by atoms with Crippen LogP contribution in [0.25, 0.3) is 0 Å². The van der Waals surface area contributed by atoms with Crippen molar-refractivity contribution < 1.29 is 9.84 Å². The number of aromatic nitrogens is 1. The molecule has 21 heavy (non-hydrogen) atoms. The number of ether oxygens (including phenoxy) is 1. The highest BCUT2D eigenvalue weighted by atomic mass is 32.1. The lowest BCUT2D eigenvalue weighted by Gasteiger charge is -2.02. The number of aliphatic hydroxyl groups excluding tert-OH is 1. The number of rotatable bonds is 8. The van der Waals surface area contributed by atoms with Gasteiger partial charge in [0.1, 0.15) is 0 Å². The standard InChI is InChI=1S/C14H18N4O2S/c1-2-20-13-10-16-14(21-13)18-17-12-5-3-11(4-6-12)9-15-7-8-19/h3-6,10,15,19H,2,7-9H2,1H3. The van der Waals surface area contributed by atoms with E-state index in [1.807, 2.05) is 31.2 Å². The van der Waals surface area contributed by atoms with Gasteiger partial charge in [-0.25, -0.2) is 4.98 Å². The summed E-state index contributed by atoms with van der Waals surface area (Å²) < 4.78 is 5.33. The minimum Gasteiger partial charge on any atom is -0.483 e. The predicted octanol–water partition coefficient (Wildman–Crippen LogP) is 3.04. The number of hydrogen-bond donors (Lipinski definition) is 2. The highest BCUT2D eigenvalue weighted by molar-refractivity contribution is 7.17. The molecular formula is C14H18N4O2S. The Morgan fingerprint density at radius 3 is 2.81 bits per heavy atom. The fourth-order valence-electron chi connectivity index (χ4n) is 1.60. The van der Waals surface area contributed by atoms with Gasteiger partial charge in [-0.1, -0.05) is 23.5 Å². The molecule has 1 heterocycles. The van der Waals surface area contributed by atoms with Gasteiger partial charge in [-0.2, -0.15) is 0 Å². The Kier molecular flexibility index (Phi) is 6.26. The Morgan fingerprint density at radius 1 is 1.29 bits per heavy atom. The van der Waals surface area contributed by atoms with Crippen molar-refractivity contribution in [1.29, 1.82) is 0 Å². The molecule has 0 fully saturated rings. The molecule has 0 atom stereocenters. The van der Waals surface area contributed by atoms with Crippen LogP contribution in [0.15, 0.2) is 40.7 Å². The van der Waals surface area contributed by atoms with Gasteiger partial charge in [-0.05, 0) is 24.6 Å². The van der Waals surface area contributed by atoms with E-state index in [0.29, 0.717) is 18.3 Å². The molecule has 0 aliphatic carbocycles. The van der Waals surface area contributed by atoms with Gasteiger partial charge < -0.3 is 15.2 Å². The van der Waals surface area contributed by atoms with Crippen LogP contribution in [0.1, 0.15) is 12.5 Å². The molecule has 6 nitrogen and oxygen atoms in total. The molecule has 7 heteroatoms. The molecule has 0 saturated heterocycles. The maximum atomic E-state index is 8.70. The molecule has 0 bridgehead atoms. The van der Waals surface area contributed by atoms with Gasteiger partial charge in [0, 0.05) is 13.1 Å². The largest absolute Gasteiger partial charge is 0.483 e. The van der Waals surface area contributed by atoms with Crippen LogP contribution in [0, 0.1) is 0 Å². The number of nitrogens with one attached hydrogen (secondary N) is 1. The fourth-order valence-corrected chi connectivity index (χ4v) is 2.25. The van der Waals surface area contributed by atoms with Crippen LogP contribution >= 0.6 is 11.3 Å². The lowest BCUT2D eigenvalue weighted by Crippen LogP contribution is -2.17. The van der Waals surface area contributed by atoms with Crippen molar-refractivity contribution in [3.8, 4) is 5.06 Å². The lowest BCUT2D eigenvalue weighted by atomic mass is 10.2. The van der Waals surface area contributed by atoms with Gasteiger partial charge in [0.2, 0.25) is 5.13 Å². The van der Waals surface area contributed by atoms with Gasteiger partial charge in [-0.15, -0.1) is 10.2 Å². The minimum atomic E-state index is 0.143. The number of hydrogen-bond acceptors (Lipinski definition) is 7. The van der Waals surface area contributed by atoms with E-state index in [0.717, 1.165) is 22.9 Å². The lowest BCUT2D eigenvalue weighted by molar-refractivity contribution is 0.292. The van der Waals surface area contributed by atoms with Crippen LogP contribution in [0.4, 0.5) is 10.8 Å². The van der Waals surface area contributed by atoms with E-state index in [2.05, 4.69) is 20.5 Å². The summed E-state index contributed by atoms with van der Waals surface area (Å²) in [5, 5.41) is 21.4. The highest BCUT2D eigenvalue weighted by Gasteiger charge is 2.00. The maximum absolute atomic E-state index is 8.70. The summed E-state index contributed by atoms with van der Waals surface area (Å²) in [5.41, 5.74) is 1.91. The van der Waals surface area contributed by atoms with Crippen molar-refractivity contribution in [2.45, 2.75) is 13.5 Å². The Balaban J connectivity index is 1.90. The second kappa shape index (κ2) is 8.46. The number of aliphatic hydroxyl groups is 1. The molecule has 0 radical (unpaired) electrons. The van der Waals surface area contributed by atoms with Crippen molar-refractivity contribution in [3.05, 3.63) is 36.0 Å². The Morgan fingerprint density at radius 2 is 2.10 bits per heavy atom. The molecule has 112 valence electrons. The summed E-state index contributed by atoms with van der Waals surface area (Å²) in [6.07, 6.45) is 1.65. The van der Waals surface area contributed by atoms with Crippen molar-refractivity contribution in [3.63, 3.8) is 0 Å². The molecule has 0 amide bonds. The Labute approximate surface area is 127 Å². The van der Waals surface area contributed by atoms with Gasteiger partial charge in [0.15, 0.2) is 5.06 Å². The average molecular weight is 306 g/mol. The monoisotopic (exact) mass is 306 g/mol. The summed E-state index contributed by atoms with van der Waals surface area (Å²) in [4.78, 5) is 4.12. The first-order chi connectivity index (χ1) is 10.3. The van der Waals surface area contributed by atoms with E-state index >= 15 is 0 Å². The number of azo groups is 1. The number of thiazole rings is 1. The average Bonchev–Trinajstić information content (AvgIpc) is 2.95. The molecule has 2 aromatic rings. The predicted molar refractivity (Wildman–Crippen MR) is 82.7 cm³/mol. The fraction of sp³-hybridized carbons (Fsp3) is 0.357. The maximum Gasteiger partial charge on any atom is 0.233 e. The van der Waals surface area contributed by atoms with Crippen LogP contribution in [-0.2, 0) is 6.54 Å². The zero-order valence-electron chi connectivity index (χ0n) is 11.8. The summed E-state index contributed by atoms with van der Waals surface area (Å²) >= 11 is 1.37. The smallest absolute Gasteiger partial charge is 0.233 e. The van der Waals surface area contributed by atoms with Gasteiger partial charge in [-0.3, -0.25) is 0 Å². The topological polar surface area (TPSA) is 79.1 Å². The highest BCUT2D eigenvalue weighted by Crippen LogP contribution is 2.29. The van der Waals surface area contributed by atoms with Gasteiger partial charge in [0.25, 0.3) is 0 Å². The van der Waals surface area contributed by atoms with Crippen LogP contribution in [0.2, 0.25) is 0 Å². The summed E-state index contributed by atoms with van der Waals surface area (Å²) in [6.45, 7) is 4.00. The van der Waals surface area contributed by atoms with Crippen LogP contribution in [0.5, 0.6) is 5.06 Å². The minimum absolute atomic E-state index is 0.143. The number of nitrogens with zero attached hydrogens (tertiary/aromatic N) is 3. The molecule has 1 aromatic heterocycles. The molecule has 0 unspecified atom stereocenters. The summed E-state index contributed by atoms with van der Waals surface area (Å²) in [5.74, 6) is 0. The Hall–Kier alpha value is -1.83. The van der Waals surface area contributed by atoms with Crippen molar-refractivity contribution >= 4 is 22.2 Å². The normalized spacial score (nSPS) is 11.1. The molecule has 0 aliphatic heterocycles. The first-order valence-corrected chi connectivity index (χ1v) is 7.54. The molecule has 0 aliphatic rings. The van der Waals surface area contributed by atoms with E-state index in [4.69, 9.17) is 9.84 Å². The van der Waals surface area contributed by atoms with Crippen molar-refractivity contribution in [2.24, 2.45) is 10.2 Å². The van der Waals surface area contributed by atoms with Crippen molar-refractivity contribution in [1.82, 2.24) is 10.3 Å². The molecule has 0 spiro atoms. The van der Waals surface area contributed by atoms with E-state index in [-0.39, 0.29) is 6.61 Å². The van der Waals surface area contributed by atoms with E-state index in [9.17, 15) is 0 Å². The van der Waals surface area contributed by atoms with Crippen molar-refractivity contribution in [2.75, 3.05) is 19.8 Å². The third-order valence-electron chi connectivity index (χ3n) is 2.56. The van der Waals surface area contributed by atoms with E-state index in [1.54, 1.807) is 6.20 Å². The molecule has 2 N–H and O–H groups in total. The first-order valence-electron chi connectivity index (χ1n) is 6.72. The van der Waals surface area contributed by atoms with E-state index in [1.165, 1.54) is 11.3 Å². The van der Waals surface area contributed by atoms with Gasteiger partial charge >= 0.3 is 0 Å². The quantitative estimate of drug-likeness (QED) is 0.580. The SMILES string of the molecule is CCOc1cnc(N=Nc2ccc(CNCCO)cc2)s1. The van der Waals surface area contributed by atoms with Gasteiger partial charge in [0.05, 0.1) is 25.1 Å². The van der Waals surface area contributed by atoms with E-state index < -0.39 is 0 Å². The molecule has 1 aromatic carbocycles. The molecular weight excluding hydrogens is 288 g/mol.